The van der Waals surface area contributed by atoms with Crippen LogP contribution in [-0.4, -0.2) is 11.2 Å². The number of aliphatic hydroxyl groups excluding tert-OH is 1. The van der Waals surface area contributed by atoms with Gasteiger partial charge in [-0.1, -0.05) is 30.4 Å². The Morgan fingerprint density at radius 3 is 2.89 bits per heavy atom. The van der Waals surface area contributed by atoms with Gasteiger partial charge in [-0.25, -0.2) is 0 Å². The van der Waals surface area contributed by atoms with Crippen LogP contribution in [0.2, 0.25) is 0 Å². The summed E-state index contributed by atoms with van der Waals surface area (Å²) in [5, 5.41) is 9.16. The van der Waals surface area contributed by atoms with Crippen LogP contribution < -0.4 is 0 Å². The van der Waals surface area contributed by atoms with Gasteiger partial charge in [0.2, 0.25) is 0 Å². The van der Waals surface area contributed by atoms with E-state index < -0.39 is 0 Å². The van der Waals surface area contributed by atoms with Gasteiger partial charge < -0.3 is 5.11 Å². The van der Waals surface area contributed by atoms with Crippen molar-refractivity contribution in [2.45, 2.75) is 13.0 Å². The number of hydrogen-bond acceptors (Lipinski definition) is 1. The second-order valence-electron chi connectivity index (χ2n) is 2.13. The molecule has 0 saturated heterocycles. The van der Waals surface area contributed by atoms with Crippen LogP contribution in [0.1, 0.15) is 6.92 Å². The minimum atomic E-state index is -0.389. The summed E-state index contributed by atoms with van der Waals surface area (Å²) in [6, 6.07) is 0. The van der Waals surface area contributed by atoms with Gasteiger partial charge in [-0.2, -0.15) is 0 Å². The lowest BCUT2D eigenvalue weighted by Gasteiger charge is -2.01. The molecule has 0 aromatic carbocycles. The molecule has 0 bridgehead atoms. The van der Waals surface area contributed by atoms with E-state index in [1.807, 2.05) is 31.2 Å². The van der Waals surface area contributed by atoms with Gasteiger partial charge in [0.25, 0.3) is 0 Å². The molecule has 0 fully saturated rings. The van der Waals surface area contributed by atoms with Crippen molar-refractivity contribution in [3.63, 3.8) is 0 Å². The van der Waals surface area contributed by atoms with Crippen molar-refractivity contribution in [1.82, 2.24) is 0 Å². The van der Waals surface area contributed by atoms with Crippen molar-refractivity contribution in [2.24, 2.45) is 0 Å². The van der Waals surface area contributed by atoms with E-state index in [1.54, 1.807) is 6.08 Å². The molecule has 1 unspecified atom stereocenters. The Bertz CT molecular complexity index is 175. The van der Waals surface area contributed by atoms with Crippen molar-refractivity contribution in [1.29, 1.82) is 0 Å². The smallest absolute Gasteiger partial charge is 0.0935 e. The third-order valence-electron chi connectivity index (χ3n) is 1.34. The SMILES string of the molecule is CC1=CC=CC=CC1O. The first-order chi connectivity index (χ1) is 4.30. The molecular weight excluding hydrogens is 112 g/mol. The van der Waals surface area contributed by atoms with Crippen LogP contribution in [0, 0.1) is 0 Å². The number of aliphatic hydroxyl groups is 1. The first kappa shape index (κ1) is 6.30. The molecule has 1 N–H and O–H groups in total. The molecule has 0 aliphatic heterocycles. The molecule has 0 aromatic rings. The molecule has 1 heteroatoms. The Morgan fingerprint density at radius 1 is 1.33 bits per heavy atom. The summed E-state index contributed by atoms with van der Waals surface area (Å²) < 4.78 is 0. The fraction of sp³-hybridized carbons (Fsp3) is 0.250. The number of allylic oxidation sites excluding steroid dienone is 4. The highest BCUT2D eigenvalue weighted by Crippen LogP contribution is 2.05. The Kier molecular flexibility index (Phi) is 1.85. The first-order valence-electron chi connectivity index (χ1n) is 3.00. The Labute approximate surface area is 55.0 Å². The zero-order chi connectivity index (χ0) is 6.69. The van der Waals surface area contributed by atoms with E-state index in [0.717, 1.165) is 5.57 Å². The average molecular weight is 122 g/mol. The number of hydrogen-bond donors (Lipinski definition) is 1. The van der Waals surface area contributed by atoms with E-state index in [0.29, 0.717) is 0 Å². The molecule has 1 atom stereocenters. The van der Waals surface area contributed by atoms with Gasteiger partial charge >= 0.3 is 0 Å². The fourth-order valence-electron chi connectivity index (χ4n) is 0.691. The van der Waals surface area contributed by atoms with Gasteiger partial charge in [-0.3, -0.25) is 0 Å². The van der Waals surface area contributed by atoms with Crippen LogP contribution in [0.5, 0.6) is 0 Å². The van der Waals surface area contributed by atoms with Crippen LogP contribution in [0.4, 0.5) is 0 Å². The van der Waals surface area contributed by atoms with Crippen molar-refractivity contribution in [3.8, 4) is 0 Å². The van der Waals surface area contributed by atoms with E-state index in [1.165, 1.54) is 0 Å². The molecule has 0 saturated carbocycles. The van der Waals surface area contributed by atoms with Crippen LogP contribution in [0.15, 0.2) is 36.0 Å². The lowest BCUT2D eigenvalue weighted by Crippen LogP contribution is -2.01. The highest BCUT2D eigenvalue weighted by Gasteiger charge is 1.99. The minimum absolute atomic E-state index is 0.389. The molecule has 0 heterocycles. The summed E-state index contributed by atoms with van der Waals surface area (Å²) in [5.74, 6) is 0. The van der Waals surface area contributed by atoms with Crippen LogP contribution >= 0.6 is 0 Å². The van der Waals surface area contributed by atoms with Gasteiger partial charge in [0.05, 0.1) is 6.10 Å². The first-order valence-corrected chi connectivity index (χ1v) is 3.00. The maximum atomic E-state index is 9.16. The minimum Gasteiger partial charge on any atom is -0.385 e. The second-order valence-corrected chi connectivity index (χ2v) is 2.13. The molecular formula is C8H10O. The molecule has 0 amide bonds. The standard InChI is InChI=1S/C8H10O/c1-7-5-3-2-4-6-8(7)9/h2-6,8-9H,1H3. The van der Waals surface area contributed by atoms with Gasteiger partial charge in [-0.05, 0) is 12.5 Å². The normalized spacial score (nSPS) is 25.6. The predicted octanol–water partition coefficient (Wildman–Crippen LogP) is 1.42. The van der Waals surface area contributed by atoms with Crippen molar-refractivity contribution in [3.05, 3.63) is 36.0 Å². The van der Waals surface area contributed by atoms with Gasteiger partial charge in [0.1, 0.15) is 0 Å². The Hall–Kier alpha value is -0.820. The predicted molar refractivity (Wildman–Crippen MR) is 38.0 cm³/mol. The summed E-state index contributed by atoms with van der Waals surface area (Å²) in [5.41, 5.74) is 0.986. The molecule has 1 aliphatic carbocycles. The quantitative estimate of drug-likeness (QED) is 0.515. The molecule has 1 nitrogen and oxygen atoms in total. The van der Waals surface area contributed by atoms with Crippen LogP contribution in [0.3, 0.4) is 0 Å². The second kappa shape index (κ2) is 2.65. The third kappa shape index (κ3) is 1.54. The maximum Gasteiger partial charge on any atom is 0.0935 e. The van der Waals surface area contributed by atoms with Gasteiger partial charge in [-0.15, -0.1) is 0 Å². The molecule has 0 spiro atoms. The van der Waals surface area contributed by atoms with E-state index in [2.05, 4.69) is 0 Å². The van der Waals surface area contributed by atoms with E-state index >= 15 is 0 Å². The molecule has 48 valence electrons. The molecule has 1 rings (SSSR count). The summed E-state index contributed by atoms with van der Waals surface area (Å²) in [7, 11) is 0. The summed E-state index contributed by atoms with van der Waals surface area (Å²) in [4.78, 5) is 0. The largest absolute Gasteiger partial charge is 0.385 e. The Balaban J connectivity index is 2.80. The van der Waals surface area contributed by atoms with Crippen molar-refractivity contribution >= 4 is 0 Å². The monoisotopic (exact) mass is 122 g/mol. The van der Waals surface area contributed by atoms with Crippen molar-refractivity contribution < 1.29 is 5.11 Å². The summed E-state index contributed by atoms with van der Waals surface area (Å²) >= 11 is 0. The summed E-state index contributed by atoms with van der Waals surface area (Å²) in [6.07, 6.45) is 8.94. The topological polar surface area (TPSA) is 20.2 Å². The highest BCUT2D eigenvalue weighted by atomic mass is 16.3. The zero-order valence-electron chi connectivity index (χ0n) is 5.41. The zero-order valence-corrected chi connectivity index (χ0v) is 5.41. The maximum absolute atomic E-state index is 9.16. The molecule has 0 radical (unpaired) electrons. The van der Waals surface area contributed by atoms with E-state index in [9.17, 15) is 0 Å². The van der Waals surface area contributed by atoms with Gasteiger partial charge in [0, 0.05) is 0 Å². The highest BCUT2D eigenvalue weighted by molar-refractivity contribution is 5.25. The third-order valence-corrected chi connectivity index (χ3v) is 1.34. The molecule has 0 aromatic heterocycles. The average Bonchev–Trinajstić information content (AvgIpc) is 1.99. The fourth-order valence-corrected chi connectivity index (χ4v) is 0.691. The number of rotatable bonds is 0. The molecule has 9 heavy (non-hydrogen) atoms. The van der Waals surface area contributed by atoms with Crippen LogP contribution in [-0.2, 0) is 0 Å². The lowest BCUT2D eigenvalue weighted by molar-refractivity contribution is 0.259. The lowest BCUT2D eigenvalue weighted by atomic mass is 10.2. The molecule has 1 aliphatic rings. The van der Waals surface area contributed by atoms with Crippen LogP contribution in [0.25, 0.3) is 0 Å². The summed E-state index contributed by atoms with van der Waals surface area (Å²) in [6.45, 7) is 1.91. The Morgan fingerprint density at radius 2 is 2.11 bits per heavy atom. The van der Waals surface area contributed by atoms with E-state index in [4.69, 9.17) is 5.11 Å². The van der Waals surface area contributed by atoms with Crippen molar-refractivity contribution in [2.75, 3.05) is 0 Å². The van der Waals surface area contributed by atoms with E-state index in [-0.39, 0.29) is 6.10 Å². The van der Waals surface area contributed by atoms with Gasteiger partial charge in [0.15, 0.2) is 0 Å².